The number of ether oxygens (including phenoxy) is 1. The predicted octanol–water partition coefficient (Wildman–Crippen LogP) is 2.63. The van der Waals surface area contributed by atoms with Crippen molar-refractivity contribution in [2.45, 2.75) is 23.8 Å². The van der Waals surface area contributed by atoms with Crippen LogP contribution in [0.1, 0.15) is 23.7 Å². The van der Waals surface area contributed by atoms with Crippen LogP contribution in [0.25, 0.3) is 10.9 Å². The fraction of sp³-hybridized carbons (Fsp3) is 0.250. The highest BCUT2D eigenvalue weighted by molar-refractivity contribution is 7.90. The normalized spacial score (nSPS) is 16.9. The van der Waals surface area contributed by atoms with E-state index in [1.807, 2.05) is 24.3 Å². The lowest BCUT2D eigenvalue weighted by Gasteiger charge is -2.26. The molecule has 2 aromatic carbocycles. The summed E-state index contributed by atoms with van der Waals surface area (Å²) in [5.41, 5.74) is 2.22. The van der Waals surface area contributed by atoms with E-state index in [1.165, 1.54) is 11.1 Å². The first-order chi connectivity index (χ1) is 13.0. The number of nitrogens with one attached hydrogen (secondary N) is 1. The van der Waals surface area contributed by atoms with Crippen molar-refractivity contribution < 1.29 is 17.9 Å². The van der Waals surface area contributed by atoms with E-state index < -0.39 is 16.1 Å². The number of carbonyl (C=O) groups excluding carboxylic acids is 1. The van der Waals surface area contributed by atoms with Gasteiger partial charge in [-0.15, -0.1) is 0 Å². The molecule has 0 amide bonds. The van der Waals surface area contributed by atoms with Crippen LogP contribution in [-0.4, -0.2) is 32.0 Å². The third-order valence-corrected chi connectivity index (χ3v) is 6.69. The van der Waals surface area contributed by atoms with Crippen LogP contribution in [0.5, 0.6) is 0 Å². The third-order valence-electron chi connectivity index (χ3n) is 4.95. The van der Waals surface area contributed by atoms with Gasteiger partial charge in [0, 0.05) is 5.39 Å². The Morgan fingerprint density at radius 1 is 1.15 bits per heavy atom. The van der Waals surface area contributed by atoms with Gasteiger partial charge in [-0.2, -0.15) is 0 Å². The number of rotatable bonds is 4. The predicted molar refractivity (Wildman–Crippen MR) is 102 cm³/mol. The molecule has 7 heteroatoms. The second kappa shape index (κ2) is 6.83. The quantitative estimate of drug-likeness (QED) is 0.700. The number of fused-ring (bicyclic) bond motifs is 3. The van der Waals surface area contributed by atoms with Crippen molar-refractivity contribution in [3.8, 4) is 0 Å². The molecule has 6 nitrogen and oxygen atoms in total. The lowest BCUT2D eigenvalue weighted by Crippen LogP contribution is -2.34. The molecule has 27 heavy (non-hydrogen) atoms. The van der Waals surface area contributed by atoms with Gasteiger partial charge < -0.3 is 10.1 Å². The molecule has 140 valence electrons. The van der Waals surface area contributed by atoms with Crippen LogP contribution in [0.2, 0.25) is 0 Å². The van der Waals surface area contributed by atoms with Crippen molar-refractivity contribution in [3.63, 3.8) is 0 Å². The molecular formula is C20H20N2O4S. The number of para-hydroxylation sites is 1. The van der Waals surface area contributed by atoms with E-state index in [1.54, 1.807) is 30.3 Å². The summed E-state index contributed by atoms with van der Waals surface area (Å²) in [5, 5.41) is 4.19. The number of nitrogens with zero attached hydrogens (tertiary/aromatic N) is 1. The fourth-order valence-corrected chi connectivity index (χ4v) is 5.38. The largest absolute Gasteiger partial charge is 0.469 e. The highest BCUT2D eigenvalue weighted by Gasteiger charge is 2.34. The summed E-state index contributed by atoms with van der Waals surface area (Å²) in [4.78, 5) is 12.1. The average molecular weight is 384 g/mol. The molecule has 1 aromatic heterocycles. The van der Waals surface area contributed by atoms with Crippen LogP contribution < -0.4 is 5.32 Å². The Balaban J connectivity index is 2.00. The molecule has 1 atom stereocenters. The number of carbonyl (C=O) groups is 1. The molecule has 0 saturated carbocycles. The summed E-state index contributed by atoms with van der Waals surface area (Å²) in [5.74, 6) is -0.380. The maximum absolute atomic E-state index is 13.5. The molecule has 1 aliphatic rings. The van der Waals surface area contributed by atoms with Gasteiger partial charge in [0.25, 0.3) is 10.0 Å². The van der Waals surface area contributed by atoms with Crippen molar-refractivity contribution in [1.29, 1.82) is 0 Å². The van der Waals surface area contributed by atoms with E-state index in [0.717, 1.165) is 10.9 Å². The minimum absolute atomic E-state index is 0.0735. The summed E-state index contributed by atoms with van der Waals surface area (Å²) in [7, 11) is -2.48. The van der Waals surface area contributed by atoms with Crippen molar-refractivity contribution >= 4 is 26.9 Å². The highest BCUT2D eigenvalue weighted by Crippen LogP contribution is 2.37. The minimum atomic E-state index is -3.81. The first kappa shape index (κ1) is 17.8. The molecular weight excluding hydrogens is 364 g/mol. The molecule has 4 rings (SSSR count). The van der Waals surface area contributed by atoms with Crippen LogP contribution in [0.3, 0.4) is 0 Å². The molecule has 0 bridgehead atoms. The first-order valence-corrected chi connectivity index (χ1v) is 10.2. The van der Waals surface area contributed by atoms with Gasteiger partial charge >= 0.3 is 5.97 Å². The topological polar surface area (TPSA) is 77.4 Å². The molecule has 0 fully saturated rings. The maximum Gasteiger partial charge on any atom is 0.307 e. The standard InChI is InChI=1S/C20H20N2O4S/c1-26-19(23)13-17-20-16(11-12-21-17)15-9-5-6-10-18(15)22(20)27(24,25)14-7-3-2-4-8-14/h2-10,17,21H,11-13H2,1H3. The van der Waals surface area contributed by atoms with Gasteiger partial charge in [0.15, 0.2) is 0 Å². The lowest BCUT2D eigenvalue weighted by atomic mass is 9.97. The van der Waals surface area contributed by atoms with E-state index in [-0.39, 0.29) is 17.3 Å². The number of esters is 1. The van der Waals surface area contributed by atoms with Gasteiger partial charge in [-0.05, 0) is 36.7 Å². The Kier molecular flexibility index (Phi) is 4.49. The van der Waals surface area contributed by atoms with Gasteiger partial charge in [-0.25, -0.2) is 12.4 Å². The van der Waals surface area contributed by atoms with Gasteiger partial charge in [0.2, 0.25) is 0 Å². The average Bonchev–Trinajstić information content (AvgIpc) is 3.05. The van der Waals surface area contributed by atoms with E-state index in [4.69, 9.17) is 4.74 Å². The van der Waals surface area contributed by atoms with Crippen molar-refractivity contribution in [3.05, 3.63) is 65.9 Å². The number of benzene rings is 2. The summed E-state index contributed by atoms with van der Waals surface area (Å²) in [6, 6.07) is 15.4. The highest BCUT2D eigenvalue weighted by atomic mass is 32.2. The SMILES string of the molecule is COC(=O)CC1NCCc2c1n(S(=O)(=O)c1ccccc1)c1ccccc21. The summed E-state index contributed by atoms with van der Waals surface area (Å²) < 4.78 is 33.2. The molecule has 0 radical (unpaired) electrons. The zero-order chi connectivity index (χ0) is 19.0. The van der Waals surface area contributed by atoms with Crippen LogP contribution in [-0.2, 0) is 26.0 Å². The van der Waals surface area contributed by atoms with Gasteiger partial charge in [0.05, 0.1) is 35.7 Å². The summed E-state index contributed by atoms with van der Waals surface area (Å²) in [6.07, 6.45) is 0.773. The molecule has 1 aliphatic heterocycles. The second-order valence-corrected chi connectivity index (χ2v) is 8.29. The Labute approximate surface area is 157 Å². The van der Waals surface area contributed by atoms with Crippen LogP contribution >= 0.6 is 0 Å². The van der Waals surface area contributed by atoms with Crippen LogP contribution in [0, 0.1) is 0 Å². The van der Waals surface area contributed by atoms with Gasteiger partial charge in [-0.3, -0.25) is 4.79 Å². The number of aromatic nitrogens is 1. The lowest BCUT2D eigenvalue weighted by molar-refractivity contribution is -0.141. The van der Waals surface area contributed by atoms with Gasteiger partial charge in [-0.1, -0.05) is 36.4 Å². The second-order valence-electron chi connectivity index (χ2n) is 6.50. The molecule has 1 unspecified atom stereocenters. The smallest absolute Gasteiger partial charge is 0.307 e. The monoisotopic (exact) mass is 384 g/mol. The van der Waals surface area contributed by atoms with Crippen molar-refractivity contribution in [1.82, 2.24) is 9.29 Å². The Hall–Kier alpha value is -2.64. The zero-order valence-electron chi connectivity index (χ0n) is 14.9. The van der Waals surface area contributed by atoms with E-state index in [9.17, 15) is 13.2 Å². The fourth-order valence-electron chi connectivity index (χ4n) is 3.75. The molecule has 0 spiro atoms. The van der Waals surface area contributed by atoms with E-state index >= 15 is 0 Å². The number of methoxy groups -OCH3 is 1. The molecule has 0 aliphatic carbocycles. The molecule has 3 aromatic rings. The molecule has 2 heterocycles. The summed E-state index contributed by atoms with van der Waals surface area (Å²) in [6.45, 7) is 0.675. The van der Waals surface area contributed by atoms with E-state index in [0.29, 0.717) is 24.2 Å². The number of hydrogen-bond donors (Lipinski definition) is 1. The molecule has 0 saturated heterocycles. The third kappa shape index (κ3) is 2.93. The Morgan fingerprint density at radius 3 is 2.59 bits per heavy atom. The summed E-state index contributed by atoms with van der Waals surface area (Å²) >= 11 is 0. The first-order valence-electron chi connectivity index (χ1n) is 8.77. The van der Waals surface area contributed by atoms with Gasteiger partial charge in [0.1, 0.15) is 0 Å². The van der Waals surface area contributed by atoms with Crippen LogP contribution in [0.15, 0.2) is 59.5 Å². The maximum atomic E-state index is 13.5. The minimum Gasteiger partial charge on any atom is -0.469 e. The van der Waals surface area contributed by atoms with E-state index in [2.05, 4.69) is 5.32 Å². The Bertz CT molecular complexity index is 1100. The Morgan fingerprint density at radius 2 is 1.85 bits per heavy atom. The van der Waals surface area contributed by atoms with Crippen molar-refractivity contribution in [2.24, 2.45) is 0 Å². The van der Waals surface area contributed by atoms with Crippen LogP contribution in [0.4, 0.5) is 0 Å². The molecule has 1 N–H and O–H groups in total. The zero-order valence-corrected chi connectivity index (χ0v) is 15.7. The van der Waals surface area contributed by atoms with Crippen molar-refractivity contribution in [2.75, 3.05) is 13.7 Å². The number of hydrogen-bond acceptors (Lipinski definition) is 5.